The van der Waals surface area contributed by atoms with Gasteiger partial charge in [0.1, 0.15) is 5.82 Å². The Kier molecular flexibility index (Phi) is 3.62. The van der Waals surface area contributed by atoms with Crippen molar-refractivity contribution < 1.29 is 10.3 Å². The van der Waals surface area contributed by atoms with Gasteiger partial charge in [0.25, 0.3) is 0 Å². The van der Waals surface area contributed by atoms with E-state index in [0.29, 0.717) is 5.56 Å². The van der Waals surface area contributed by atoms with Gasteiger partial charge in [-0.3, -0.25) is 0 Å². The second kappa shape index (κ2) is 5.57. The minimum Gasteiger partial charge on any atom is -0.409 e. The first-order valence-electron chi connectivity index (χ1n) is 6.99. The van der Waals surface area contributed by atoms with E-state index in [9.17, 15) is 5.11 Å². The standard InChI is InChI=1S/C15H18N4O2/c16-15(18-21)12-8-14(19-7-3-4-10(19)9-20)17-13-6-2-1-5-11(12)13/h1-2,5-6,8,10,20-21H,3-4,7,9H2,(H2,16,18). The first kappa shape index (κ1) is 13.6. The van der Waals surface area contributed by atoms with Crippen LogP contribution in [0.25, 0.3) is 10.9 Å². The van der Waals surface area contributed by atoms with E-state index >= 15 is 0 Å². The topological polar surface area (TPSA) is 95.0 Å². The molecule has 1 aromatic carbocycles. The molecule has 6 nitrogen and oxygen atoms in total. The Bertz CT molecular complexity index is 686. The zero-order chi connectivity index (χ0) is 14.8. The van der Waals surface area contributed by atoms with Gasteiger partial charge in [-0.2, -0.15) is 0 Å². The minimum atomic E-state index is 0.0644. The summed E-state index contributed by atoms with van der Waals surface area (Å²) in [6.07, 6.45) is 1.97. The molecule has 0 aliphatic carbocycles. The SMILES string of the molecule is NC(=NO)c1cc(N2CCCC2CO)nc2ccccc12. The molecule has 1 atom stereocenters. The maximum Gasteiger partial charge on any atom is 0.170 e. The molecule has 6 heteroatoms. The molecule has 1 aliphatic heterocycles. The van der Waals surface area contributed by atoms with Crippen molar-refractivity contribution in [2.24, 2.45) is 10.9 Å². The number of para-hydroxylation sites is 1. The van der Waals surface area contributed by atoms with Crippen molar-refractivity contribution in [2.45, 2.75) is 18.9 Å². The molecule has 3 rings (SSSR count). The number of aliphatic hydroxyl groups excluding tert-OH is 1. The predicted molar refractivity (Wildman–Crippen MR) is 81.7 cm³/mol. The van der Waals surface area contributed by atoms with Gasteiger partial charge in [-0.1, -0.05) is 23.4 Å². The number of hydrogen-bond acceptors (Lipinski definition) is 5. The van der Waals surface area contributed by atoms with Crippen LogP contribution < -0.4 is 10.6 Å². The van der Waals surface area contributed by atoms with Crippen molar-refractivity contribution in [1.29, 1.82) is 0 Å². The molecule has 1 unspecified atom stereocenters. The molecule has 0 bridgehead atoms. The molecule has 2 aromatic rings. The molecule has 0 saturated carbocycles. The summed E-state index contributed by atoms with van der Waals surface area (Å²) < 4.78 is 0. The zero-order valence-electron chi connectivity index (χ0n) is 11.6. The molecule has 0 spiro atoms. The monoisotopic (exact) mass is 286 g/mol. The number of rotatable bonds is 3. The van der Waals surface area contributed by atoms with Gasteiger partial charge in [0.05, 0.1) is 18.2 Å². The van der Waals surface area contributed by atoms with Crippen LogP contribution in [0.3, 0.4) is 0 Å². The van der Waals surface area contributed by atoms with Crippen molar-refractivity contribution in [1.82, 2.24) is 4.98 Å². The third-order valence-corrected chi connectivity index (χ3v) is 3.97. The van der Waals surface area contributed by atoms with Crippen LogP contribution in [0.15, 0.2) is 35.5 Å². The Hall–Kier alpha value is -2.34. The van der Waals surface area contributed by atoms with Crippen LogP contribution in [0.4, 0.5) is 5.82 Å². The van der Waals surface area contributed by atoms with Crippen LogP contribution in [0.2, 0.25) is 0 Å². The summed E-state index contributed by atoms with van der Waals surface area (Å²) >= 11 is 0. The number of benzene rings is 1. The number of fused-ring (bicyclic) bond motifs is 1. The van der Waals surface area contributed by atoms with E-state index in [0.717, 1.165) is 36.1 Å². The van der Waals surface area contributed by atoms with Crippen LogP contribution >= 0.6 is 0 Å². The summed E-state index contributed by atoms with van der Waals surface area (Å²) in [5.41, 5.74) is 7.25. The average Bonchev–Trinajstić information content (AvgIpc) is 3.01. The Morgan fingerprint density at radius 2 is 2.24 bits per heavy atom. The third kappa shape index (κ3) is 2.38. The summed E-state index contributed by atoms with van der Waals surface area (Å²) in [6.45, 7) is 0.958. The van der Waals surface area contributed by atoms with E-state index in [1.807, 2.05) is 30.3 Å². The molecule has 21 heavy (non-hydrogen) atoms. The lowest BCUT2D eigenvalue weighted by atomic mass is 10.1. The Morgan fingerprint density at radius 1 is 1.43 bits per heavy atom. The largest absolute Gasteiger partial charge is 0.409 e. The molecular weight excluding hydrogens is 268 g/mol. The van der Waals surface area contributed by atoms with E-state index < -0.39 is 0 Å². The zero-order valence-corrected chi connectivity index (χ0v) is 11.6. The van der Waals surface area contributed by atoms with Crippen molar-refractivity contribution >= 4 is 22.6 Å². The Morgan fingerprint density at radius 3 is 3.00 bits per heavy atom. The van der Waals surface area contributed by atoms with E-state index in [-0.39, 0.29) is 18.5 Å². The van der Waals surface area contributed by atoms with Crippen LogP contribution in [-0.2, 0) is 0 Å². The van der Waals surface area contributed by atoms with Gasteiger partial charge >= 0.3 is 0 Å². The number of aromatic nitrogens is 1. The number of pyridine rings is 1. The van der Waals surface area contributed by atoms with E-state index in [4.69, 9.17) is 10.9 Å². The molecule has 110 valence electrons. The van der Waals surface area contributed by atoms with Crippen LogP contribution in [0.1, 0.15) is 18.4 Å². The van der Waals surface area contributed by atoms with Crippen LogP contribution in [0, 0.1) is 0 Å². The number of oxime groups is 1. The fourth-order valence-corrected chi connectivity index (χ4v) is 2.90. The highest BCUT2D eigenvalue weighted by molar-refractivity contribution is 6.08. The highest BCUT2D eigenvalue weighted by Gasteiger charge is 2.26. The molecule has 1 aromatic heterocycles. The van der Waals surface area contributed by atoms with Gasteiger partial charge in [0.2, 0.25) is 0 Å². The van der Waals surface area contributed by atoms with Gasteiger partial charge in [-0.25, -0.2) is 4.98 Å². The number of aliphatic hydroxyl groups is 1. The quantitative estimate of drug-likeness (QED) is 0.342. The lowest BCUT2D eigenvalue weighted by Crippen LogP contribution is -2.33. The fraction of sp³-hybridized carbons (Fsp3) is 0.333. The molecule has 4 N–H and O–H groups in total. The number of hydrogen-bond donors (Lipinski definition) is 3. The Balaban J connectivity index is 2.16. The molecule has 1 fully saturated rings. The van der Waals surface area contributed by atoms with Crippen molar-refractivity contribution in [2.75, 3.05) is 18.1 Å². The van der Waals surface area contributed by atoms with Crippen LogP contribution in [-0.4, -0.2) is 40.3 Å². The summed E-state index contributed by atoms with van der Waals surface area (Å²) in [7, 11) is 0. The molecule has 0 amide bonds. The average molecular weight is 286 g/mol. The lowest BCUT2D eigenvalue weighted by molar-refractivity contribution is 0.266. The van der Waals surface area contributed by atoms with E-state index in [2.05, 4.69) is 15.0 Å². The van der Waals surface area contributed by atoms with Gasteiger partial charge < -0.3 is 20.9 Å². The van der Waals surface area contributed by atoms with Crippen molar-refractivity contribution in [3.63, 3.8) is 0 Å². The smallest absolute Gasteiger partial charge is 0.170 e. The summed E-state index contributed by atoms with van der Waals surface area (Å²) in [5, 5.41) is 22.4. The van der Waals surface area contributed by atoms with Crippen LogP contribution in [0.5, 0.6) is 0 Å². The van der Waals surface area contributed by atoms with Crippen molar-refractivity contribution in [3.05, 3.63) is 35.9 Å². The van der Waals surface area contributed by atoms with Gasteiger partial charge in [-0.15, -0.1) is 0 Å². The minimum absolute atomic E-state index is 0.0644. The summed E-state index contributed by atoms with van der Waals surface area (Å²) in [6, 6.07) is 9.50. The highest BCUT2D eigenvalue weighted by atomic mass is 16.4. The first-order chi connectivity index (χ1) is 10.2. The lowest BCUT2D eigenvalue weighted by Gasteiger charge is -2.25. The molecular formula is C15H18N4O2. The second-order valence-electron chi connectivity index (χ2n) is 5.20. The maximum atomic E-state index is 9.48. The molecule has 1 aliphatic rings. The number of nitrogens with two attached hydrogens (primary N) is 1. The van der Waals surface area contributed by atoms with Gasteiger partial charge in [-0.05, 0) is 25.0 Å². The molecule has 0 radical (unpaired) electrons. The summed E-state index contributed by atoms with van der Waals surface area (Å²) in [4.78, 5) is 6.74. The fourth-order valence-electron chi connectivity index (χ4n) is 2.90. The normalized spacial score (nSPS) is 19.4. The summed E-state index contributed by atoms with van der Waals surface area (Å²) in [5.74, 6) is 0.821. The maximum absolute atomic E-state index is 9.48. The molecule has 1 saturated heterocycles. The van der Waals surface area contributed by atoms with E-state index in [1.165, 1.54) is 0 Å². The number of nitrogens with zero attached hydrogens (tertiary/aromatic N) is 3. The number of anilines is 1. The Labute approximate surface area is 122 Å². The highest BCUT2D eigenvalue weighted by Crippen LogP contribution is 2.28. The first-order valence-corrected chi connectivity index (χ1v) is 6.99. The van der Waals surface area contributed by atoms with E-state index in [1.54, 1.807) is 0 Å². The number of amidine groups is 1. The van der Waals surface area contributed by atoms with Gasteiger partial charge in [0.15, 0.2) is 5.84 Å². The van der Waals surface area contributed by atoms with Crippen molar-refractivity contribution in [3.8, 4) is 0 Å². The molecule has 2 heterocycles. The predicted octanol–water partition coefficient (Wildman–Crippen LogP) is 1.29. The van der Waals surface area contributed by atoms with Gasteiger partial charge in [0, 0.05) is 17.5 Å². The second-order valence-corrected chi connectivity index (χ2v) is 5.20. The third-order valence-electron chi connectivity index (χ3n) is 3.97.